The molecule has 0 saturated heterocycles. The highest BCUT2D eigenvalue weighted by Gasteiger charge is 2.11. The predicted molar refractivity (Wildman–Crippen MR) is 50.0 cm³/mol. The van der Waals surface area contributed by atoms with Crippen molar-refractivity contribution in [1.82, 2.24) is 10.3 Å². The fraction of sp³-hybridized carbons (Fsp3) is 0.167. The molecule has 0 unspecified atom stereocenters. The van der Waals surface area contributed by atoms with Crippen LogP contribution in [0.5, 0.6) is 0 Å². The molecule has 78 valence electrons. The molecule has 0 aliphatic carbocycles. The SMILES string of the molecule is Nc1nonc1/C(Cl)=N/O.[C-]#[N+]CC#N. The lowest BCUT2D eigenvalue weighted by molar-refractivity contribution is 0.305. The maximum Gasteiger partial charge on any atom is 0.298 e. The molecule has 0 spiro atoms. The van der Waals surface area contributed by atoms with E-state index < -0.39 is 0 Å². The molecular weight excluding hydrogens is 224 g/mol. The van der Waals surface area contributed by atoms with E-state index in [4.69, 9.17) is 34.4 Å². The minimum Gasteiger partial charge on any atom is -0.410 e. The van der Waals surface area contributed by atoms with Crippen molar-refractivity contribution < 1.29 is 9.84 Å². The topological polar surface area (TPSA) is 126 Å². The van der Waals surface area contributed by atoms with Gasteiger partial charge in [-0.2, -0.15) is 5.26 Å². The van der Waals surface area contributed by atoms with Crippen molar-refractivity contribution in [2.45, 2.75) is 0 Å². The van der Waals surface area contributed by atoms with E-state index in [-0.39, 0.29) is 23.2 Å². The van der Waals surface area contributed by atoms with Crippen LogP contribution in [0.15, 0.2) is 9.78 Å². The maximum absolute atomic E-state index is 8.12. The summed E-state index contributed by atoms with van der Waals surface area (Å²) in [6.07, 6.45) is 0. The van der Waals surface area contributed by atoms with Gasteiger partial charge in [0.05, 0.1) is 0 Å². The molecule has 0 aliphatic rings. The van der Waals surface area contributed by atoms with E-state index in [1.807, 2.05) is 0 Å². The second-order valence-electron chi connectivity index (χ2n) is 1.86. The first-order valence-corrected chi connectivity index (χ1v) is 3.71. The Morgan fingerprint density at radius 1 is 1.80 bits per heavy atom. The molecule has 0 fully saturated rings. The van der Waals surface area contributed by atoms with Gasteiger partial charge in [0, 0.05) is 0 Å². The van der Waals surface area contributed by atoms with Gasteiger partial charge in [-0.25, -0.2) is 11.2 Å². The fourth-order valence-corrected chi connectivity index (χ4v) is 0.553. The summed E-state index contributed by atoms with van der Waals surface area (Å²) >= 11 is 5.29. The number of nitriles is 1. The molecule has 0 amide bonds. The molecule has 0 saturated carbocycles. The number of nitrogen functional groups attached to an aromatic ring is 1. The number of oxime groups is 1. The fourth-order valence-electron chi connectivity index (χ4n) is 0.421. The van der Waals surface area contributed by atoms with Crippen molar-refractivity contribution in [3.8, 4) is 6.07 Å². The molecule has 1 aromatic heterocycles. The van der Waals surface area contributed by atoms with Crippen molar-refractivity contribution in [2.24, 2.45) is 5.16 Å². The van der Waals surface area contributed by atoms with Crippen LogP contribution in [-0.4, -0.2) is 27.2 Å². The van der Waals surface area contributed by atoms with Crippen LogP contribution in [0.4, 0.5) is 5.82 Å². The Morgan fingerprint density at radius 2 is 2.47 bits per heavy atom. The van der Waals surface area contributed by atoms with Crippen LogP contribution < -0.4 is 5.73 Å². The third-order valence-corrected chi connectivity index (χ3v) is 1.20. The highest BCUT2D eigenvalue weighted by molar-refractivity contribution is 6.69. The summed E-state index contributed by atoms with van der Waals surface area (Å²) in [7, 11) is 0. The van der Waals surface area contributed by atoms with Crippen LogP contribution in [0, 0.1) is 17.9 Å². The zero-order valence-electron chi connectivity index (χ0n) is 7.25. The summed E-state index contributed by atoms with van der Waals surface area (Å²) in [6.45, 7) is 5.99. The number of hydrogen-bond donors (Lipinski definition) is 2. The first kappa shape index (κ1) is 12.7. The molecule has 0 radical (unpaired) electrons. The van der Waals surface area contributed by atoms with Crippen molar-refractivity contribution >= 4 is 22.6 Å². The number of hydrogen-bond acceptors (Lipinski definition) is 7. The number of nitrogens with zero attached hydrogens (tertiary/aromatic N) is 5. The van der Waals surface area contributed by atoms with E-state index in [0.717, 1.165) is 0 Å². The van der Waals surface area contributed by atoms with Crippen LogP contribution in [0.25, 0.3) is 4.85 Å². The average Bonchev–Trinajstić information content (AvgIpc) is 2.65. The molecule has 8 nitrogen and oxygen atoms in total. The maximum atomic E-state index is 8.12. The molecule has 1 heterocycles. The lowest BCUT2D eigenvalue weighted by atomic mass is 10.5. The first-order chi connectivity index (χ1) is 7.17. The van der Waals surface area contributed by atoms with Gasteiger partial charge >= 0.3 is 0 Å². The first-order valence-electron chi connectivity index (χ1n) is 3.33. The van der Waals surface area contributed by atoms with Crippen LogP contribution in [0.3, 0.4) is 0 Å². The average molecular weight is 229 g/mol. The molecule has 0 atom stereocenters. The van der Waals surface area contributed by atoms with Gasteiger partial charge < -0.3 is 15.8 Å². The van der Waals surface area contributed by atoms with Gasteiger partial charge in [-0.15, -0.1) is 0 Å². The monoisotopic (exact) mass is 228 g/mol. The Kier molecular flexibility index (Phi) is 6.02. The largest absolute Gasteiger partial charge is 0.410 e. The van der Waals surface area contributed by atoms with Crippen molar-refractivity contribution in [3.63, 3.8) is 0 Å². The zero-order valence-corrected chi connectivity index (χ0v) is 8.01. The molecule has 1 aromatic rings. The summed E-state index contributed by atoms with van der Waals surface area (Å²) in [5.41, 5.74) is 5.20. The quantitative estimate of drug-likeness (QED) is 0.236. The molecule has 1 rings (SSSR count). The number of anilines is 1. The molecule has 0 bridgehead atoms. The van der Waals surface area contributed by atoms with E-state index >= 15 is 0 Å². The van der Waals surface area contributed by atoms with Gasteiger partial charge in [-0.1, -0.05) is 16.8 Å². The lowest BCUT2D eigenvalue weighted by Crippen LogP contribution is -1.97. The van der Waals surface area contributed by atoms with Gasteiger partial charge in [0.15, 0.2) is 11.5 Å². The van der Waals surface area contributed by atoms with E-state index in [9.17, 15) is 0 Å². The minimum absolute atomic E-state index is 0.0113. The lowest BCUT2D eigenvalue weighted by Gasteiger charge is -1.84. The Balaban J connectivity index is 0.000000336. The van der Waals surface area contributed by atoms with Gasteiger partial charge in [0.25, 0.3) is 6.54 Å². The van der Waals surface area contributed by atoms with Crippen LogP contribution in [0.2, 0.25) is 0 Å². The van der Waals surface area contributed by atoms with Gasteiger partial charge in [-0.05, 0) is 10.3 Å². The summed E-state index contributed by atoms with van der Waals surface area (Å²) in [5, 5.41) is 24.6. The van der Waals surface area contributed by atoms with E-state index in [2.05, 4.69) is 24.9 Å². The number of rotatable bonds is 1. The third kappa shape index (κ3) is 4.45. The van der Waals surface area contributed by atoms with Gasteiger partial charge in [0.2, 0.25) is 5.17 Å². The van der Waals surface area contributed by atoms with Crippen LogP contribution in [-0.2, 0) is 0 Å². The van der Waals surface area contributed by atoms with Crippen LogP contribution in [0.1, 0.15) is 5.69 Å². The van der Waals surface area contributed by atoms with E-state index in [0.29, 0.717) is 0 Å². The molecule has 0 aliphatic heterocycles. The van der Waals surface area contributed by atoms with Crippen molar-refractivity contribution in [1.29, 1.82) is 5.26 Å². The molecular formula is C6H5ClN6O2. The van der Waals surface area contributed by atoms with E-state index in [1.165, 1.54) is 0 Å². The number of nitrogens with two attached hydrogens (primary N) is 1. The number of halogens is 1. The summed E-state index contributed by atoms with van der Waals surface area (Å²) in [6, 6.07) is 1.66. The highest BCUT2D eigenvalue weighted by atomic mass is 35.5. The zero-order chi connectivity index (χ0) is 11.7. The Bertz CT molecular complexity index is 402. The normalized spacial score (nSPS) is 9.40. The van der Waals surface area contributed by atoms with Crippen molar-refractivity contribution in [2.75, 3.05) is 12.3 Å². The second-order valence-corrected chi connectivity index (χ2v) is 2.22. The molecule has 0 aromatic carbocycles. The van der Waals surface area contributed by atoms with E-state index in [1.54, 1.807) is 6.07 Å². The molecule has 3 N–H and O–H groups in total. The molecule has 9 heteroatoms. The summed E-state index contributed by atoms with van der Waals surface area (Å²) in [5.74, 6) is -0.0113. The number of aromatic nitrogens is 2. The predicted octanol–water partition coefficient (Wildman–Crippen LogP) is 0.456. The Morgan fingerprint density at radius 3 is 2.73 bits per heavy atom. The second kappa shape index (κ2) is 7.12. The third-order valence-electron chi connectivity index (χ3n) is 0.947. The Hall–Kier alpha value is -2.32. The summed E-state index contributed by atoms with van der Waals surface area (Å²) < 4.78 is 4.17. The minimum atomic E-state index is -0.251. The molecule has 15 heavy (non-hydrogen) atoms. The summed E-state index contributed by atoms with van der Waals surface area (Å²) in [4.78, 5) is 2.74. The van der Waals surface area contributed by atoms with Crippen molar-refractivity contribution in [3.05, 3.63) is 17.1 Å². The Labute approximate surface area is 89.3 Å². The van der Waals surface area contributed by atoms with Gasteiger partial charge in [-0.3, -0.25) is 0 Å². The van der Waals surface area contributed by atoms with Gasteiger partial charge in [0.1, 0.15) is 6.07 Å². The van der Waals surface area contributed by atoms with Crippen LogP contribution >= 0.6 is 11.6 Å². The smallest absolute Gasteiger partial charge is 0.298 e. The standard InChI is InChI=1S/C3H3ClN4O2.C3H2N2/c4-2(6-9)1-3(5)8-10-7-1;1-5-3-2-4/h9H,(H2,5,8);3H2/b6-2-;. The highest BCUT2D eigenvalue weighted by Crippen LogP contribution is 2.07.